The monoisotopic (exact) mass is 193 g/mol. The summed E-state index contributed by atoms with van der Waals surface area (Å²) in [6.45, 7) is 2.74. The van der Waals surface area contributed by atoms with Crippen LogP contribution in [-0.4, -0.2) is 19.8 Å². The first-order valence-corrected chi connectivity index (χ1v) is 5.02. The highest BCUT2D eigenvalue weighted by atomic mass is 16.5. The molecule has 0 aliphatic carbocycles. The van der Waals surface area contributed by atoms with Gasteiger partial charge < -0.3 is 10.5 Å². The molecule has 0 aliphatic heterocycles. The van der Waals surface area contributed by atoms with Crippen LogP contribution in [0.5, 0.6) is 0 Å². The van der Waals surface area contributed by atoms with Crippen LogP contribution < -0.4 is 5.73 Å². The van der Waals surface area contributed by atoms with Gasteiger partial charge in [0.15, 0.2) is 0 Å². The second-order valence-corrected chi connectivity index (χ2v) is 3.74. The molecule has 0 spiro atoms. The van der Waals surface area contributed by atoms with Crippen LogP contribution in [0.25, 0.3) is 0 Å². The second-order valence-electron chi connectivity index (χ2n) is 3.74. The number of methoxy groups -OCH3 is 1. The van der Waals surface area contributed by atoms with Gasteiger partial charge in [-0.15, -0.1) is 0 Å². The van der Waals surface area contributed by atoms with Crippen molar-refractivity contribution >= 4 is 0 Å². The van der Waals surface area contributed by atoms with Crippen LogP contribution in [0.2, 0.25) is 0 Å². The van der Waals surface area contributed by atoms with Gasteiger partial charge in [0.1, 0.15) is 0 Å². The molecule has 0 saturated heterocycles. The van der Waals surface area contributed by atoms with Gasteiger partial charge in [-0.1, -0.05) is 29.8 Å². The molecule has 0 bridgehead atoms. The summed E-state index contributed by atoms with van der Waals surface area (Å²) in [6, 6.07) is 8.75. The Labute approximate surface area is 86.1 Å². The fourth-order valence-electron chi connectivity index (χ4n) is 1.40. The molecule has 1 aromatic rings. The molecule has 0 aliphatic rings. The predicted molar refractivity (Wildman–Crippen MR) is 59.4 cm³/mol. The van der Waals surface area contributed by atoms with E-state index in [-0.39, 0.29) is 6.04 Å². The van der Waals surface area contributed by atoms with E-state index in [1.165, 1.54) is 11.1 Å². The normalized spacial score (nSPS) is 12.8. The van der Waals surface area contributed by atoms with Crippen molar-refractivity contribution in [2.75, 3.05) is 13.7 Å². The van der Waals surface area contributed by atoms with Crippen LogP contribution >= 0.6 is 0 Å². The number of benzene rings is 1. The smallest absolute Gasteiger partial charge is 0.0613 e. The van der Waals surface area contributed by atoms with Crippen molar-refractivity contribution in [1.29, 1.82) is 0 Å². The van der Waals surface area contributed by atoms with Crippen molar-refractivity contribution in [2.45, 2.75) is 25.8 Å². The van der Waals surface area contributed by atoms with Gasteiger partial charge in [-0.3, -0.25) is 0 Å². The molecule has 0 fully saturated rings. The summed E-state index contributed by atoms with van der Waals surface area (Å²) in [6.07, 6.45) is 2.02. The Bertz CT molecular complexity index is 256. The van der Waals surface area contributed by atoms with Gasteiger partial charge in [0.2, 0.25) is 0 Å². The topological polar surface area (TPSA) is 35.2 Å². The Morgan fingerprint density at radius 3 is 2.50 bits per heavy atom. The molecule has 0 amide bonds. The zero-order chi connectivity index (χ0) is 10.4. The molecule has 2 N–H and O–H groups in total. The maximum Gasteiger partial charge on any atom is 0.0613 e. The van der Waals surface area contributed by atoms with Crippen LogP contribution in [-0.2, 0) is 11.2 Å². The minimum atomic E-state index is 0.154. The van der Waals surface area contributed by atoms with Gasteiger partial charge in [0, 0.05) is 13.2 Å². The predicted octanol–water partition coefficient (Wildman–Crippen LogP) is 1.90. The average Bonchev–Trinajstić information content (AvgIpc) is 2.17. The minimum absolute atomic E-state index is 0.154. The van der Waals surface area contributed by atoms with Crippen LogP contribution in [0, 0.1) is 6.92 Å². The molecular weight excluding hydrogens is 174 g/mol. The SMILES string of the molecule is COCC(N)CCc1ccc(C)cc1. The lowest BCUT2D eigenvalue weighted by atomic mass is 10.0. The quantitative estimate of drug-likeness (QED) is 0.775. The maximum atomic E-state index is 5.84. The van der Waals surface area contributed by atoms with E-state index in [1.807, 2.05) is 0 Å². The Kier molecular flexibility index (Phi) is 4.63. The van der Waals surface area contributed by atoms with Crippen LogP contribution in [0.3, 0.4) is 0 Å². The van der Waals surface area contributed by atoms with Gasteiger partial charge in [-0.2, -0.15) is 0 Å². The Morgan fingerprint density at radius 2 is 1.93 bits per heavy atom. The summed E-state index contributed by atoms with van der Waals surface area (Å²) in [7, 11) is 1.69. The van der Waals surface area contributed by atoms with E-state index in [4.69, 9.17) is 10.5 Å². The van der Waals surface area contributed by atoms with Crippen LogP contribution in [0.1, 0.15) is 17.5 Å². The number of rotatable bonds is 5. The number of nitrogens with two attached hydrogens (primary N) is 1. The Balaban J connectivity index is 2.34. The van der Waals surface area contributed by atoms with Crippen molar-refractivity contribution in [1.82, 2.24) is 0 Å². The van der Waals surface area contributed by atoms with E-state index in [1.54, 1.807) is 7.11 Å². The molecule has 0 heterocycles. The van der Waals surface area contributed by atoms with E-state index in [0.29, 0.717) is 6.61 Å². The highest BCUT2D eigenvalue weighted by molar-refractivity contribution is 5.21. The molecule has 2 nitrogen and oxygen atoms in total. The molecule has 14 heavy (non-hydrogen) atoms. The second kappa shape index (κ2) is 5.78. The lowest BCUT2D eigenvalue weighted by Crippen LogP contribution is -2.26. The number of hydrogen-bond donors (Lipinski definition) is 1. The maximum absolute atomic E-state index is 5.84. The summed E-state index contributed by atoms with van der Waals surface area (Å²) in [5.41, 5.74) is 8.49. The molecule has 0 saturated carbocycles. The summed E-state index contributed by atoms with van der Waals surface area (Å²) in [4.78, 5) is 0. The first-order valence-electron chi connectivity index (χ1n) is 5.02. The molecule has 1 atom stereocenters. The van der Waals surface area contributed by atoms with Gasteiger partial charge >= 0.3 is 0 Å². The number of aryl methyl sites for hydroxylation is 2. The van der Waals surface area contributed by atoms with Gasteiger partial charge in [0.25, 0.3) is 0 Å². The van der Waals surface area contributed by atoms with Crippen molar-refractivity contribution in [3.8, 4) is 0 Å². The highest BCUT2D eigenvalue weighted by Gasteiger charge is 2.01. The van der Waals surface area contributed by atoms with E-state index in [2.05, 4.69) is 31.2 Å². The van der Waals surface area contributed by atoms with E-state index in [0.717, 1.165) is 12.8 Å². The fourth-order valence-corrected chi connectivity index (χ4v) is 1.40. The number of ether oxygens (including phenoxy) is 1. The molecule has 78 valence electrons. The average molecular weight is 193 g/mol. The molecular formula is C12H19NO. The fraction of sp³-hybridized carbons (Fsp3) is 0.500. The summed E-state index contributed by atoms with van der Waals surface area (Å²) < 4.78 is 4.99. The molecule has 0 aromatic heterocycles. The van der Waals surface area contributed by atoms with Crippen LogP contribution in [0.15, 0.2) is 24.3 Å². The zero-order valence-electron chi connectivity index (χ0n) is 8.99. The van der Waals surface area contributed by atoms with Crippen molar-refractivity contribution in [2.24, 2.45) is 5.73 Å². The lowest BCUT2D eigenvalue weighted by molar-refractivity contribution is 0.177. The summed E-state index contributed by atoms with van der Waals surface area (Å²) >= 11 is 0. The molecule has 1 rings (SSSR count). The van der Waals surface area contributed by atoms with Crippen LogP contribution in [0.4, 0.5) is 0 Å². The Morgan fingerprint density at radius 1 is 1.29 bits per heavy atom. The largest absolute Gasteiger partial charge is 0.383 e. The van der Waals surface area contributed by atoms with Crippen molar-refractivity contribution in [3.05, 3.63) is 35.4 Å². The van der Waals surface area contributed by atoms with Gasteiger partial charge in [-0.25, -0.2) is 0 Å². The summed E-state index contributed by atoms with van der Waals surface area (Å²) in [5, 5.41) is 0. The molecule has 2 heteroatoms. The number of hydrogen-bond acceptors (Lipinski definition) is 2. The van der Waals surface area contributed by atoms with Crippen molar-refractivity contribution < 1.29 is 4.74 Å². The Hall–Kier alpha value is -0.860. The van der Waals surface area contributed by atoms with Crippen molar-refractivity contribution in [3.63, 3.8) is 0 Å². The molecule has 1 unspecified atom stereocenters. The zero-order valence-corrected chi connectivity index (χ0v) is 8.99. The van der Waals surface area contributed by atoms with E-state index in [9.17, 15) is 0 Å². The molecule has 0 radical (unpaired) electrons. The lowest BCUT2D eigenvalue weighted by Gasteiger charge is -2.09. The third kappa shape index (κ3) is 3.90. The van der Waals surface area contributed by atoms with E-state index < -0.39 is 0 Å². The summed E-state index contributed by atoms with van der Waals surface area (Å²) in [5.74, 6) is 0. The molecule has 1 aromatic carbocycles. The first kappa shape index (κ1) is 11.2. The first-order chi connectivity index (χ1) is 6.72. The van der Waals surface area contributed by atoms with Gasteiger partial charge in [0.05, 0.1) is 6.61 Å². The standard InChI is InChI=1S/C12H19NO/c1-10-3-5-11(6-4-10)7-8-12(13)9-14-2/h3-6,12H,7-9,13H2,1-2H3. The third-order valence-corrected chi connectivity index (χ3v) is 2.31. The highest BCUT2D eigenvalue weighted by Crippen LogP contribution is 2.06. The third-order valence-electron chi connectivity index (χ3n) is 2.31. The minimum Gasteiger partial charge on any atom is -0.383 e. The van der Waals surface area contributed by atoms with Gasteiger partial charge in [-0.05, 0) is 25.3 Å². The van der Waals surface area contributed by atoms with E-state index >= 15 is 0 Å².